The van der Waals surface area contributed by atoms with Gasteiger partial charge in [-0.25, -0.2) is 0 Å². The molecule has 0 aromatic heterocycles. The molecule has 84 valence electrons. The van der Waals surface area contributed by atoms with E-state index in [0.717, 1.165) is 6.42 Å². The fourth-order valence-electron chi connectivity index (χ4n) is 1.69. The molecule has 0 saturated carbocycles. The summed E-state index contributed by atoms with van der Waals surface area (Å²) in [6.45, 7) is 8.79. The molecule has 0 bridgehead atoms. The van der Waals surface area contributed by atoms with Crippen molar-refractivity contribution in [2.24, 2.45) is 11.8 Å². The first kappa shape index (κ1) is 12.6. The van der Waals surface area contributed by atoms with E-state index >= 15 is 0 Å². The van der Waals surface area contributed by atoms with Gasteiger partial charge in [-0.05, 0) is 29.4 Å². The fraction of sp³-hybridized carbons (Fsp3) is 0.571. The van der Waals surface area contributed by atoms with Crippen molar-refractivity contribution < 1.29 is 0 Å². The van der Waals surface area contributed by atoms with Crippen LogP contribution in [0.2, 0.25) is 0 Å². The highest BCUT2D eigenvalue weighted by atomic mass is 35.5. The van der Waals surface area contributed by atoms with Crippen LogP contribution in [0.3, 0.4) is 0 Å². The molecule has 1 heteroatoms. The van der Waals surface area contributed by atoms with Crippen LogP contribution in [-0.2, 0) is 6.42 Å². The number of halogens is 1. The van der Waals surface area contributed by atoms with E-state index < -0.39 is 0 Å². The van der Waals surface area contributed by atoms with Crippen molar-refractivity contribution in [3.8, 4) is 0 Å². The minimum Gasteiger partial charge on any atom is -0.118 e. The molecule has 1 aromatic carbocycles. The van der Waals surface area contributed by atoms with Crippen LogP contribution in [0, 0.1) is 11.8 Å². The first-order valence-electron chi connectivity index (χ1n) is 5.73. The molecule has 1 atom stereocenters. The average molecular weight is 225 g/mol. The Labute approximate surface area is 98.7 Å². The second-order valence-corrected chi connectivity index (χ2v) is 5.46. The third kappa shape index (κ3) is 3.87. The highest BCUT2D eigenvalue weighted by Gasteiger charge is 2.11. The molecule has 0 nitrogen and oxygen atoms in total. The lowest BCUT2D eigenvalue weighted by Gasteiger charge is -2.14. The summed E-state index contributed by atoms with van der Waals surface area (Å²) >= 11 is 6.30. The maximum atomic E-state index is 6.30. The molecule has 1 rings (SSSR count). The highest BCUT2D eigenvalue weighted by Crippen LogP contribution is 2.28. The minimum absolute atomic E-state index is 0.137. The summed E-state index contributed by atoms with van der Waals surface area (Å²) in [6, 6.07) is 8.73. The van der Waals surface area contributed by atoms with Crippen LogP contribution in [0.5, 0.6) is 0 Å². The lowest BCUT2D eigenvalue weighted by molar-refractivity contribution is 0.622. The van der Waals surface area contributed by atoms with Gasteiger partial charge in [0.05, 0.1) is 5.38 Å². The fourth-order valence-corrected chi connectivity index (χ4v) is 1.84. The predicted octanol–water partition coefficient (Wildman–Crippen LogP) is 4.82. The topological polar surface area (TPSA) is 0 Å². The minimum atomic E-state index is 0.137. The Balaban J connectivity index is 2.72. The van der Waals surface area contributed by atoms with Gasteiger partial charge in [-0.15, -0.1) is 11.6 Å². The van der Waals surface area contributed by atoms with Crippen LogP contribution >= 0.6 is 11.6 Å². The molecule has 0 heterocycles. The van der Waals surface area contributed by atoms with Crippen molar-refractivity contribution in [3.05, 3.63) is 35.4 Å². The molecule has 0 saturated heterocycles. The summed E-state index contributed by atoms with van der Waals surface area (Å²) in [5.41, 5.74) is 2.64. The van der Waals surface area contributed by atoms with E-state index in [2.05, 4.69) is 52.0 Å². The van der Waals surface area contributed by atoms with Gasteiger partial charge in [-0.2, -0.15) is 0 Å². The van der Waals surface area contributed by atoms with E-state index in [-0.39, 0.29) is 5.38 Å². The maximum absolute atomic E-state index is 6.30. The molecule has 0 aliphatic rings. The normalized spacial score (nSPS) is 13.5. The molecular weight excluding hydrogens is 204 g/mol. The number of hydrogen-bond acceptors (Lipinski definition) is 0. The van der Waals surface area contributed by atoms with Gasteiger partial charge < -0.3 is 0 Å². The van der Waals surface area contributed by atoms with Crippen molar-refractivity contribution in [2.75, 3.05) is 0 Å². The third-order valence-corrected chi connectivity index (χ3v) is 3.28. The molecule has 0 spiro atoms. The van der Waals surface area contributed by atoms with E-state index in [1.807, 2.05) is 0 Å². The van der Waals surface area contributed by atoms with Gasteiger partial charge in [0.1, 0.15) is 0 Å². The number of alkyl halides is 1. The highest BCUT2D eigenvalue weighted by molar-refractivity contribution is 6.20. The molecule has 0 aliphatic carbocycles. The molecule has 1 aromatic rings. The Kier molecular flexibility index (Phi) is 4.66. The summed E-state index contributed by atoms with van der Waals surface area (Å²) in [4.78, 5) is 0. The van der Waals surface area contributed by atoms with Crippen molar-refractivity contribution in [1.29, 1.82) is 0 Å². The summed E-state index contributed by atoms with van der Waals surface area (Å²) < 4.78 is 0. The van der Waals surface area contributed by atoms with Crippen LogP contribution in [0.25, 0.3) is 0 Å². The molecule has 0 N–H and O–H groups in total. The first-order chi connectivity index (χ1) is 7.00. The first-order valence-corrected chi connectivity index (χ1v) is 6.17. The Hall–Kier alpha value is -0.490. The van der Waals surface area contributed by atoms with Crippen LogP contribution in [0.15, 0.2) is 24.3 Å². The zero-order valence-electron chi connectivity index (χ0n) is 10.1. The lowest BCUT2D eigenvalue weighted by Crippen LogP contribution is -2.00. The smallest absolute Gasteiger partial charge is 0.0608 e. The molecule has 0 fully saturated rings. The number of hydrogen-bond donors (Lipinski definition) is 0. The van der Waals surface area contributed by atoms with Crippen molar-refractivity contribution in [3.63, 3.8) is 0 Å². The van der Waals surface area contributed by atoms with Gasteiger partial charge in [0.25, 0.3) is 0 Å². The van der Waals surface area contributed by atoms with Crippen molar-refractivity contribution >= 4 is 11.6 Å². The number of rotatable bonds is 4. The van der Waals surface area contributed by atoms with E-state index in [1.165, 1.54) is 11.1 Å². The molecule has 15 heavy (non-hydrogen) atoms. The zero-order valence-corrected chi connectivity index (χ0v) is 10.9. The zero-order chi connectivity index (χ0) is 11.4. The Bertz CT molecular complexity index is 285. The Morgan fingerprint density at radius 1 is 1.00 bits per heavy atom. The van der Waals surface area contributed by atoms with Crippen LogP contribution in [0.4, 0.5) is 0 Å². The Morgan fingerprint density at radius 2 is 1.53 bits per heavy atom. The second-order valence-electron chi connectivity index (χ2n) is 4.99. The van der Waals surface area contributed by atoms with Crippen molar-refractivity contribution in [2.45, 2.75) is 39.5 Å². The summed E-state index contributed by atoms with van der Waals surface area (Å²) in [5.74, 6) is 1.20. The SMILES string of the molecule is CC(C)Cc1ccc(C(Cl)C(C)C)cc1. The standard InChI is InChI=1S/C14H21Cl/c1-10(2)9-12-5-7-13(8-6-12)14(15)11(3)4/h5-8,10-11,14H,9H2,1-4H3. The van der Waals surface area contributed by atoms with E-state index in [4.69, 9.17) is 11.6 Å². The maximum Gasteiger partial charge on any atom is 0.0608 e. The summed E-state index contributed by atoms with van der Waals surface area (Å²) in [6.07, 6.45) is 1.15. The van der Waals surface area contributed by atoms with Gasteiger partial charge >= 0.3 is 0 Å². The van der Waals surface area contributed by atoms with Gasteiger partial charge in [0.2, 0.25) is 0 Å². The molecule has 0 radical (unpaired) electrons. The quantitative estimate of drug-likeness (QED) is 0.644. The van der Waals surface area contributed by atoms with Gasteiger partial charge in [0, 0.05) is 0 Å². The van der Waals surface area contributed by atoms with Gasteiger partial charge in [0.15, 0.2) is 0 Å². The van der Waals surface area contributed by atoms with Crippen LogP contribution < -0.4 is 0 Å². The van der Waals surface area contributed by atoms with Gasteiger partial charge in [-0.1, -0.05) is 52.0 Å². The summed E-state index contributed by atoms with van der Waals surface area (Å²) in [5, 5.41) is 0.137. The molecule has 0 aliphatic heterocycles. The number of benzene rings is 1. The molecular formula is C14H21Cl. The average Bonchev–Trinajstić information content (AvgIpc) is 2.17. The van der Waals surface area contributed by atoms with Crippen LogP contribution in [-0.4, -0.2) is 0 Å². The third-order valence-electron chi connectivity index (χ3n) is 2.53. The second kappa shape index (κ2) is 5.55. The molecule has 0 amide bonds. The van der Waals surface area contributed by atoms with E-state index in [1.54, 1.807) is 0 Å². The summed E-state index contributed by atoms with van der Waals surface area (Å²) in [7, 11) is 0. The predicted molar refractivity (Wildman–Crippen MR) is 68.4 cm³/mol. The van der Waals surface area contributed by atoms with Crippen LogP contribution in [0.1, 0.15) is 44.2 Å². The largest absolute Gasteiger partial charge is 0.118 e. The van der Waals surface area contributed by atoms with Crippen molar-refractivity contribution in [1.82, 2.24) is 0 Å². The molecule has 1 unspecified atom stereocenters. The van der Waals surface area contributed by atoms with E-state index in [0.29, 0.717) is 11.8 Å². The monoisotopic (exact) mass is 224 g/mol. The Morgan fingerprint density at radius 3 is 1.93 bits per heavy atom. The lowest BCUT2D eigenvalue weighted by atomic mass is 9.98. The van der Waals surface area contributed by atoms with Gasteiger partial charge in [-0.3, -0.25) is 0 Å². The van der Waals surface area contributed by atoms with E-state index in [9.17, 15) is 0 Å².